The molecule has 1 N–H and O–H groups in total. The molecule has 1 aliphatic heterocycles. The monoisotopic (exact) mass is 264 g/mol. The van der Waals surface area contributed by atoms with Gasteiger partial charge in [0.15, 0.2) is 0 Å². The second kappa shape index (κ2) is 5.57. The Morgan fingerprint density at radius 1 is 1.53 bits per heavy atom. The lowest BCUT2D eigenvalue weighted by Crippen LogP contribution is -2.36. The largest absolute Gasteiger partial charge is 0.378 e. The number of aryl methyl sites for hydroxylation is 2. The molecule has 5 nitrogen and oxygen atoms in total. The van der Waals surface area contributed by atoms with Gasteiger partial charge in [-0.05, 0) is 32.3 Å². The van der Waals surface area contributed by atoms with Crippen molar-refractivity contribution in [3.63, 3.8) is 0 Å². The maximum absolute atomic E-state index is 12.2. The topological polar surface area (TPSA) is 60.3 Å². The van der Waals surface area contributed by atoms with Crippen LogP contribution in [0.25, 0.3) is 0 Å². The van der Waals surface area contributed by atoms with Gasteiger partial charge in [-0.25, -0.2) is 0 Å². The second-order valence-corrected chi connectivity index (χ2v) is 5.13. The molecule has 0 saturated carbocycles. The van der Waals surface area contributed by atoms with Gasteiger partial charge in [-0.3, -0.25) is 9.59 Å². The summed E-state index contributed by atoms with van der Waals surface area (Å²) in [5, 5.41) is 2.90. The number of nitrogens with one attached hydrogen (secondary N) is 1. The Balaban J connectivity index is 2.14. The number of anilines is 1. The maximum Gasteiger partial charge on any atom is 0.250 e. The fourth-order valence-corrected chi connectivity index (χ4v) is 2.35. The Morgan fingerprint density at radius 3 is 2.95 bits per heavy atom. The van der Waals surface area contributed by atoms with Gasteiger partial charge in [-0.1, -0.05) is 0 Å². The molecule has 1 aromatic heterocycles. The Bertz CT molecular complexity index is 536. The van der Waals surface area contributed by atoms with E-state index in [1.807, 2.05) is 13.8 Å². The first-order valence-electron chi connectivity index (χ1n) is 6.59. The lowest BCUT2D eigenvalue weighted by molar-refractivity contribution is -0.127. The molecule has 1 saturated heterocycles. The summed E-state index contributed by atoms with van der Waals surface area (Å²) in [6.45, 7) is 4.47. The summed E-state index contributed by atoms with van der Waals surface area (Å²) in [5.41, 5.74) is 1.38. The Hall–Kier alpha value is -1.62. The third-order valence-electron chi connectivity index (χ3n) is 3.64. The molecule has 0 spiro atoms. The average molecular weight is 264 g/mol. The van der Waals surface area contributed by atoms with Crippen LogP contribution in [-0.2, 0) is 16.6 Å². The molecular formula is C14H20N2O3. The summed E-state index contributed by atoms with van der Waals surface area (Å²) < 4.78 is 6.97. The maximum atomic E-state index is 12.2. The van der Waals surface area contributed by atoms with E-state index in [4.69, 9.17) is 4.74 Å². The van der Waals surface area contributed by atoms with Crippen molar-refractivity contribution in [3.8, 4) is 0 Å². The molecule has 2 atom stereocenters. The number of nitrogens with zero attached hydrogens (tertiary/aromatic N) is 1. The summed E-state index contributed by atoms with van der Waals surface area (Å²) in [6, 6.07) is 1.52. The van der Waals surface area contributed by atoms with Crippen molar-refractivity contribution in [2.45, 2.75) is 32.8 Å². The normalized spacial score (nSPS) is 23.1. The number of rotatable bonds is 2. The van der Waals surface area contributed by atoms with Crippen molar-refractivity contribution in [3.05, 3.63) is 28.2 Å². The third kappa shape index (κ3) is 3.04. The Kier molecular flexibility index (Phi) is 4.04. The molecule has 0 aromatic carbocycles. The number of hydrogen-bond acceptors (Lipinski definition) is 3. The highest BCUT2D eigenvalue weighted by Gasteiger charge is 2.28. The molecule has 0 bridgehead atoms. The molecule has 1 aromatic rings. The summed E-state index contributed by atoms with van der Waals surface area (Å²) in [4.78, 5) is 23.7. The highest BCUT2D eigenvalue weighted by atomic mass is 16.5. The minimum absolute atomic E-state index is 0.0334. The van der Waals surface area contributed by atoms with E-state index in [0.29, 0.717) is 5.69 Å². The summed E-state index contributed by atoms with van der Waals surface area (Å²) in [7, 11) is 1.67. The molecule has 104 valence electrons. The number of ether oxygens (including phenoxy) is 1. The standard InChI is InChI=1S/C14H20N2O3/c1-9-7-13(17)16(3)8-12(9)15-14(18)11-5-4-6-19-10(11)2/h7-8,10-11H,4-6H2,1-3H3,(H,15,18)/t10-,11+/m0/s1. The number of aromatic nitrogens is 1. The van der Waals surface area contributed by atoms with Crippen LogP contribution in [0.1, 0.15) is 25.3 Å². The lowest BCUT2D eigenvalue weighted by atomic mass is 9.94. The average Bonchev–Trinajstić information content (AvgIpc) is 2.36. The minimum Gasteiger partial charge on any atom is -0.378 e. The van der Waals surface area contributed by atoms with Gasteiger partial charge >= 0.3 is 0 Å². The number of hydrogen-bond donors (Lipinski definition) is 1. The van der Waals surface area contributed by atoms with Crippen molar-refractivity contribution >= 4 is 11.6 Å². The van der Waals surface area contributed by atoms with Crippen LogP contribution >= 0.6 is 0 Å². The van der Waals surface area contributed by atoms with Gasteiger partial charge in [-0.15, -0.1) is 0 Å². The van der Waals surface area contributed by atoms with Gasteiger partial charge in [0.1, 0.15) is 0 Å². The summed E-state index contributed by atoms with van der Waals surface area (Å²) in [6.07, 6.45) is 3.36. The van der Waals surface area contributed by atoms with E-state index < -0.39 is 0 Å². The van der Waals surface area contributed by atoms with Crippen molar-refractivity contribution in [1.82, 2.24) is 4.57 Å². The van der Waals surface area contributed by atoms with Crippen molar-refractivity contribution in [2.24, 2.45) is 13.0 Å². The molecule has 2 rings (SSSR count). The molecule has 0 radical (unpaired) electrons. The van der Waals surface area contributed by atoms with E-state index in [0.717, 1.165) is 25.0 Å². The van der Waals surface area contributed by atoms with Crippen molar-refractivity contribution < 1.29 is 9.53 Å². The van der Waals surface area contributed by atoms with Crippen LogP contribution in [-0.4, -0.2) is 23.2 Å². The molecule has 19 heavy (non-hydrogen) atoms. The zero-order valence-corrected chi connectivity index (χ0v) is 11.6. The quantitative estimate of drug-likeness (QED) is 0.879. The Labute approximate surface area is 112 Å². The van der Waals surface area contributed by atoms with Gasteiger partial charge in [0.05, 0.1) is 17.7 Å². The van der Waals surface area contributed by atoms with E-state index in [9.17, 15) is 9.59 Å². The number of carbonyl (C=O) groups is 1. The van der Waals surface area contributed by atoms with Gasteiger partial charge in [-0.2, -0.15) is 0 Å². The highest BCUT2D eigenvalue weighted by molar-refractivity contribution is 5.93. The fourth-order valence-electron chi connectivity index (χ4n) is 2.35. The molecule has 1 amide bonds. The van der Waals surface area contributed by atoms with E-state index in [1.165, 1.54) is 10.6 Å². The van der Waals surface area contributed by atoms with E-state index in [-0.39, 0.29) is 23.5 Å². The van der Waals surface area contributed by atoms with E-state index in [2.05, 4.69) is 5.32 Å². The number of carbonyl (C=O) groups excluding carboxylic acids is 1. The third-order valence-corrected chi connectivity index (χ3v) is 3.64. The first kappa shape index (κ1) is 13.8. The van der Waals surface area contributed by atoms with Crippen LogP contribution in [0.15, 0.2) is 17.1 Å². The van der Waals surface area contributed by atoms with Crippen LogP contribution < -0.4 is 10.9 Å². The Morgan fingerprint density at radius 2 is 2.26 bits per heavy atom. The summed E-state index contributed by atoms with van der Waals surface area (Å²) in [5.74, 6) is -0.153. The molecule has 2 heterocycles. The minimum atomic E-state index is -0.120. The summed E-state index contributed by atoms with van der Waals surface area (Å²) >= 11 is 0. The molecule has 1 fully saturated rings. The van der Waals surface area contributed by atoms with Crippen LogP contribution in [0.2, 0.25) is 0 Å². The van der Waals surface area contributed by atoms with Gasteiger partial charge in [0.2, 0.25) is 5.91 Å². The van der Waals surface area contributed by atoms with Gasteiger partial charge in [0, 0.05) is 25.9 Å². The predicted molar refractivity (Wildman–Crippen MR) is 73.2 cm³/mol. The number of pyridine rings is 1. The molecule has 5 heteroatoms. The van der Waals surface area contributed by atoms with Gasteiger partial charge < -0.3 is 14.6 Å². The molecule has 0 unspecified atom stereocenters. The van der Waals surface area contributed by atoms with Crippen LogP contribution in [0.4, 0.5) is 5.69 Å². The van der Waals surface area contributed by atoms with E-state index in [1.54, 1.807) is 13.2 Å². The fraction of sp³-hybridized carbons (Fsp3) is 0.571. The second-order valence-electron chi connectivity index (χ2n) is 5.13. The predicted octanol–water partition coefficient (Wildman–Crippen LogP) is 1.45. The molecular weight excluding hydrogens is 244 g/mol. The van der Waals surface area contributed by atoms with Gasteiger partial charge in [0.25, 0.3) is 5.56 Å². The van der Waals surface area contributed by atoms with Crippen LogP contribution in [0.3, 0.4) is 0 Å². The lowest BCUT2D eigenvalue weighted by Gasteiger charge is -2.28. The first-order valence-corrected chi connectivity index (χ1v) is 6.59. The highest BCUT2D eigenvalue weighted by Crippen LogP contribution is 2.22. The van der Waals surface area contributed by atoms with Crippen molar-refractivity contribution in [2.75, 3.05) is 11.9 Å². The SMILES string of the molecule is Cc1cc(=O)n(C)cc1NC(=O)[C@@H]1CCCO[C@H]1C. The smallest absolute Gasteiger partial charge is 0.250 e. The zero-order valence-electron chi connectivity index (χ0n) is 11.6. The van der Waals surface area contributed by atoms with E-state index >= 15 is 0 Å². The first-order chi connectivity index (χ1) is 8.99. The van der Waals surface area contributed by atoms with Crippen molar-refractivity contribution in [1.29, 1.82) is 0 Å². The molecule has 0 aliphatic carbocycles. The number of amides is 1. The zero-order chi connectivity index (χ0) is 14.0. The molecule has 1 aliphatic rings. The van der Waals surface area contributed by atoms with Crippen LogP contribution in [0.5, 0.6) is 0 Å². The van der Waals surface area contributed by atoms with Crippen LogP contribution in [0, 0.1) is 12.8 Å².